The van der Waals surface area contributed by atoms with Crippen LogP contribution in [-0.2, 0) is 24.3 Å². The second kappa shape index (κ2) is 4.87. The maximum absolute atomic E-state index is 11.9. The second-order valence-electron chi connectivity index (χ2n) is 7.28. The smallest absolute Gasteiger partial charge is 0.468 e. The Labute approximate surface area is 133 Å². The molecule has 116 valence electrons. The summed E-state index contributed by atoms with van der Waals surface area (Å²) in [5, 5.41) is 0. The minimum Gasteiger partial charge on any atom is -0.468 e. The molecule has 4 nitrogen and oxygen atoms in total. The van der Waals surface area contributed by atoms with Crippen LogP contribution in [0, 0.1) is 0 Å². The number of carbonyl (C=O) groups excluding carboxylic acids is 1. The third kappa shape index (κ3) is 2.29. The standard InChI is InChI=1S/C16H22B2O4/c1-14(2)15(3,17)22-18(21-14)12-7-5-11(6-8-12)16(9-10-16)13(19)20-4/h5-8H,9-10,17H2,1-4H3. The van der Waals surface area contributed by atoms with Crippen molar-refractivity contribution in [3.8, 4) is 0 Å². The minimum atomic E-state index is -0.427. The molecule has 3 rings (SSSR count). The van der Waals surface area contributed by atoms with Gasteiger partial charge in [-0.25, -0.2) is 0 Å². The molecule has 1 unspecified atom stereocenters. The fourth-order valence-electron chi connectivity index (χ4n) is 2.87. The Morgan fingerprint density at radius 1 is 1.18 bits per heavy atom. The monoisotopic (exact) mass is 300 g/mol. The zero-order chi connectivity index (χ0) is 16.2. The molecule has 0 bridgehead atoms. The summed E-state index contributed by atoms with van der Waals surface area (Å²) in [5.74, 6) is -0.143. The van der Waals surface area contributed by atoms with E-state index in [1.807, 2.05) is 52.9 Å². The van der Waals surface area contributed by atoms with Crippen molar-refractivity contribution >= 4 is 26.4 Å². The van der Waals surface area contributed by atoms with Gasteiger partial charge in [-0.2, -0.15) is 0 Å². The zero-order valence-electron chi connectivity index (χ0n) is 13.9. The molecule has 0 N–H and O–H groups in total. The number of carbonyl (C=O) groups is 1. The van der Waals surface area contributed by atoms with E-state index in [-0.39, 0.29) is 24.2 Å². The van der Waals surface area contributed by atoms with Crippen LogP contribution in [0.5, 0.6) is 0 Å². The molecular formula is C16H22B2O4. The molecule has 1 aromatic carbocycles. The summed E-state index contributed by atoms with van der Waals surface area (Å²) < 4.78 is 17.0. The number of methoxy groups -OCH3 is 1. The molecule has 0 aromatic heterocycles. The van der Waals surface area contributed by atoms with E-state index in [4.69, 9.17) is 14.0 Å². The quantitative estimate of drug-likeness (QED) is 0.611. The van der Waals surface area contributed by atoms with Crippen molar-refractivity contribution in [1.82, 2.24) is 0 Å². The van der Waals surface area contributed by atoms with Gasteiger partial charge in [0.05, 0.1) is 18.1 Å². The molecule has 2 aliphatic rings. The number of hydrogen-bond donors (Lipinski definition) is 0. The van der Waals surface area contributed by atoms with Crippen molar-refractivity contribution in [2.24, 2.45) is 0 Å². The number of ether oxygens (including phenoxy) is 1. The van der Waals surface area contributed by atoms with Gasteiger partial charge in [0, 0.05) is 5.50 Å². The van der Waals surface area contributed by atoms with Gasteiger partial charge in [-0.15, -0.1) is 0 Å². The van der Waals surface area contributed by atoms with Gasteiger partial charge < -0.3 is 14.0 Å². The summed E-state index contributed by atoms with van der Waals surface area (Å²) in [6, 6.07) is 7.95. The maximum atomic E-state index is 11.9. The molecule has 1 aromatic rings. The average Bonchev–Trinajstić information content (AvgIpc) is 3.23. The third-order valence-electron chi connectivity index (χ3n) is 5.31. The lowest BCUT2D eigenvalue weighted by molar-refractivity contribution is -0.143. The largest absolute Gasteiger partial charge is 0.494 e. The predicted octanol–water partition coefficient (Wildman–Crippen LogP) is 0.761. The summed E-state index contributed by atoms with van der Waals surface area (Å²) >= 11 is 0. The highest BCUT2D eigenvalue weighted by Gasteiger charge is 2.53. The van der Waals surface area contributed by atoms with Crippen LogP contribution in [0.2, 0.25) is 0 Å². The van der Waals surface area contributed by atoms with Gasteiger partial charge in [-0.3, -0.25) is 4.79 Å². The Morgan fingerprint density at radius 2 is 1.77 bits per heavy atom. The molecule has 1 saturated carbocycles. The van der Waals surface area contributed by atoms with Crippen LogP contribution in [0.3, 0.4) is 0 Å². The van der Waals surface area contributed by atoms with Crippen molar-refractivity contribution < 1.29 is 18.8 Å². The van der Waals surface area contributed by atoms with E-state index in [1.54, 1.807) is 0 Å². The fourth-order valence-corrected chi connectivity index (χ4v) is 2.87. The molecule has 1 heterocycles. The second-order valence-corrected chi connectivity index (χ2v) is 7.28. The van der Waals surface area contributed by atoms with Crippen molar-refractivity contribution in [2.45, 2.75) is 50.1 Å². The number of hydrogen-bond acceptors (Lipinski definition) is 4. The molecule has 2 fully saturated rings. The topological polar surface area (TPSA) is 44.8 Å². The Bertz CT molecular complexity index is 575. The van der Waals surface area contributed by atoms with E-state index in [1.165, 1.54) is 7.11 Å². The summed E-state index contributed by atoms with van der Waals surface area (Å²) in [5.41, 5.74) is 0.867. The van der Waals surface area contributed by atoms with Gasteiger partial charge in [0.15, 0.2) is 0 Å². The lowest BCUT2D eigenvalue weighted by Crippen LogP contribution is -2.45. The third-order valence-corrected chi connectivity index (χ3v) is 5.31. The highest BCUT2D eigenvalue weighted by molar-refractivity contribution is 6.62. The van der Waals surface area contributed by atoms with Gasteiger partial charge in [0.1, 0.15) is 7.85 Å². The lowest BCUT2D eigenvalue weighted by Gasteiger charge is -2.32. The maximum Gasteiger partial charge on any atom is 0.494 e. The molecule has 0 radical (unpaired) electrons. The van der Waals surface area contributed by atoms with E-state index in [2.05, 4.69) is 0 Å². The van der Waals surface area contributed by atoms with Crippen molar-refractivity contribution in [1.29, 1.82) is 0 Å². The van der Waals surface area contributed by atoms with Gasteiger partial charge in [-0.05, 0) is 44.6 Å². The first-order chi connectivity index (χ1) is 10.2. The lowest BCUT2D eigenvalue weighted by atomic mass is 9.71. The highest BCUT2D eigenvalue weighted by atomic mass is 16.7. The van der Waals surface area contributed by atoms with Crippen LogP contribution in [0.15, 0.2) is 24.3 Å². The highest BCUT2D eigenvalue weighted by Crippen LogP contribution is 2.49. The molecule has 1 aliphatic heterocycles. The number of benzene rings is 1. The Kier molecular flexibility index (Phi) is 3.46. The first kappa shape index (κ1) is 15.6. The Hall–Kier alpha value is -1.26. The van der Waals surface area contributed by atoms with Crippen LogP contribution in [0.4, 0.5) is 0 Å². The summed E-state index contributed by atoms with van der Waals surface area (Å²) in [6.07, 6.45) is 1.71. The molecule has 1 saturated heterocycles. The summed E-state index contributed by atoms with van der Waals surface area (Å²) in [7, 11) is 3.12. The average molecular weight is 300 g/mol. The normalized spacial score (nSPS) is 28.5. The summed E-state index contributed by atoms with van der Waals surface area (Å²) in [4.78, 5) is 11.9. The van der Waals surface area contributed by atoms with Gasteiger partial charge in [-0.1, -0.05) is 24.3 Å². The minimum absolute atomic E-state index is 0.143. The molecule has 0 amide bonds. The molecule has 0 spiro atoms. The van der Waals surface area contributed by atoms with Gasteiger partial charge in [0.2, 0.25) is 0 Å². The van der Waals surface area contributed by atoms with Crippen LogP contribution < -0.4 is 5.46 Å². The molecule has 1 aliphatic carbocycles. The number of esters is 1. The van der Waals surface area contributed by atoms with Crippen LogP contribution in [0.1, 0.15) is 39.2 Å². The van der Waals surface area contributed by atoms with E-state index >= 15 is 0 Å². The van der Waals surface area contributed by atoms with Crippen LogP contribution in [-0.4, -0.2) is 39.1 Å². The first-order valence-electron chi connectivity index (χ1n) is 7.76. The van der Waals surface area contributed by atoms with E-state index < -0.39 is 5.41 Å². The van der Waals surface area contributed by atoms with Gasteiger partial charge >= 0.3 is 13.1 Å². The van der Waals surface area contributed by atoms with Crippen molar-refractivity contribution in [3.63, 3.8) is 0 Å². The van der Waals surface area contributed by atoms with Crippen molar-refractivity contribution in [3.05, 3.63) is 29.8 Å². The Morgan fingerprint density at radius 3 is 2.18 bits per heavy atom. The first-order valence-corrected chi connectivity index (χ1v) is 7.76. The molecule has 1 atom stereocenters. The number of rotatable bonds is 3. The van der Waals surface area contributed by atoms with Crippen LogP contribution in [0.25, 0.3) is 0 Å². The molecule has 22 heavy (non-hydrogen) atoms. The van der Waals surface area contributed by atoms with E-state index in [0.717, 1.165) is 23.9 Å². The SMILES string of the molecule is BC1(C)OB(c2ccc(C3(C(=O)OC)CC3)cc2)OC1(C)C. The van der Waals surface area contributed by atoms with E-state index in [9.17, 15) is 4.79 Å². The van der Waals surface area contributed by atoms with Crippen molar-refractivity contribution in [2.75, 3.05) is 7.11 Å². The fraction of sp³-hybridized carbons (Fsp3) is 0.562. The predicted molar refractivity (Wildman–Crippen MR) is 88.0 cm³/mol. The zero-order valence-corrected chi connectivity index (χ0v) is 13.9. The molecule has 6 heteroatoms. The van der Waals surface area contributed by atoms with Crippen LogP contribution >= 0.6 is 0 Å². The van der Waals surface area contributed by atoms with E-state index in [0.29, 0.717) is 0 Å². The van der Waals surface area contributed by atoms with Gasteiger partial charge in [0.25, 0.3) is 0 Å². The molecular weight excluding hydrogens is 278 g/mol. The summed E-state index contributed by atoms with van der Waals surface area (Å²) in [6.45, 7) is 6.12. The Balaban J connectivity index is 1.81.